The Bertz CT molecular complexity index is 270. The lowest BCUT2D eigenvalue weighted by atomic mass is 10.3. The van der Waals surface area contributed by atoms with Gasteiger partial charge in [-0.3, -0.25) is 20.4 Å². The molecule has 0 fully saturated rings. The zero-order valence-corrected chi connectivity index (χ0v) is 6.48. The molecule has 0 aliphatic rings. The van der Waals surface area contributed by atoms with Crippen LogP contribution in [0.25, 0.3) is 0 Å². The van der Waals surface area contributed by atoms with Crippen molar-refractivity contribution in [3.05, 3.63) is 34.4 Å². The lowest BCUT2D eigenvalue weighted by molar-refractivity contribution is -0.384. The monoisotopic (exact) mass is 168 g/mol. The summed E-state index contributed by atoms with van der Waals surface area (Å²) in [4.78, 5) is 14.4. The SMILES string of the molecule is CONc1ccc([N+](=O)[O-])cc1. The molecule has 0 radical (unpaired) electrons. The highest BCUT2D eigenvalue weighted by molar-refractivity contribution is 5.46. The van der Waals surface area contributed by atoms with Crippen LogP contribution in [-0.2, 0) is 4.84 Å². The molecule has 0 unspecified atom stereocenters. The highest BCUT2D eigenvalue weighted by atomic mass is 16.6. The summed E-state index contributed by atoms with van der Waals surface area (Å²) in [5.74, 6) is 0. The number of benzene rings is 1. The molecule has 0 saturated carbocycles. The fourth-order valence-electron chi connectivity index (χ4n) is 0.769. The van der Waals surface area contributed by atoms with E-state index in [9.17, 15) is 10.1 Å². The fourth-order valence-corrected chi connectivity index (χ4v) is 0.769. The number of nitrogens with one attached hydrogen (secondary N) is 1. The minimum absolute atomic E-state index is 0.0663. The molecule has 0 amide bonds. The van der Waals surface area contributed by atoms with Gasteiger partial charge in [0.05, 0.1) is 17.7 Å². The van der Waals surface area contributed by atoms with Gasteiger partial charge < -0.3 is 0 Å². The molecule has 0 aliphatic heterocycles. The predicted molar refractivity (Wildman–Crippen MR) is 43.7 cm³/mol. The van der Waals surface area contributed by atoms with E-state index in [0.29, 0.717) is 5.69 Å². The summed E-state index contributed by atoms with van der Waals surface area (Å²) in [5, 5.41) is 10.2. The molecular weight excluding hydrogens is 160 g/mol. The van der Waals surface area contributed by atoms with E-state index in [1.54, 1.807) is 12.1 Å². The number of nitro benzene ring substituents is 1. The number of hydrogen-bond donors (Lipinski definition) is 1. The van der Waals surface area contributed by atoms with Gasteiger partial charge in [0.25, 0.3) is 5.69 Å². The Kier molecular flexibility index (Phi) is 2.60. The Hall–Kier alpha value is -1.62. The van der Waals surface area contributed by atoms with Crippen LogP contribution in [0.4, 0.5) is 11.4 Å². The molecule has 0 atom stereocenters. The van der Waals surface area contributed by atoms with Crippen LogP contribution in [0, 0.1) is 10.1 Å². The minimum Gasteiger partial charge on any atom is -0.279 e. The lowest BCUT2D eigenvalue weighted by Gasteiger charge is -2.00. The standard InChI is InChI=1S/C7H8N2O3/c1-12-8-6-2-4-7(5-3-6)9(10)11/h2-5,8H,1H3. The summed E-state index contributed by atoms with van der Waals surface area (Å²) in [5.41, 5.74) is 3.30. The second-order valence-corrected chi connectivity index (χ2v) is 2.11. The van der Waals surface area contributed by atoms with Gasteiger partial charge in [-0.15, -0.1) is 0 Å². The summed E-state index contributed by atoms with van der Waals surface area (Å²) in [7, 11) is 1.47. The van der Waals surface area contributed by atoms with E-state index in [4.69, 9.17) is 0 Å². The molecule has 5 heteroatoms. The van der Waals surface area contributed by atoms with Crippen LogP contribution in [0.5, 0.6) is 0 Å². The van der Waals surface area contributed by atoms with Crippen molar-refractivity contribution in [3.8, 4) is 0 Å². The van der Waals surface area contributed by atoms with Gasteiger partial charge in [-0.05, 0) is 12.1 Å². The van der Waals surface area contributed by atoms with E-state index in [-0.39, 0.29) is 5.69 Å². The molecular formula is C7H8N2O3. The van der Waals surface area contributed by atoms with Gasteiger partial charge >= 0.3 is 0 Å². The zero-order chi connectivity index (χ0) is 8.97. The molecule has 1 rings (SSSR count). The van der Waals surface area contributed by atoms with Gasteiger partial charge in [0.15, 0.2) is 0 Å². The lowest BCUT2D eigenvalue weighted by Crippen LogP contribution is -1.95. The number of anilines is 1. The van der Waals surface area contributed by atoms with Crippen molar-refractivity contribution in [2.45, 2.75) is 0 Å². The highest BCUT2D eigenvalue weighted by Crippen LogP contribution is 2.14. The van der Waals surface area contributed by atoms with Crippen molar-refractivity contribution in [2.75, 3.05) is 12.6 Å². The topological polar surface area (TPSA) is 64.4 Å². The van der Waals surface area contributed by atoms with Crippen molar-refractivity contribution in [1.82, 2.24) is 0 Å². The maximum atomic E-state index is 10.2. The average molecular weight is 168 g/mol. The molecule has 64 valence electrons. The van der Waals surface area contributed by atoms with Crippen molar-refractivity contribution >= 4 is 11.4 Å². The van der Waals surface area contributed by atoms with Gasteiger partial charge in [-0.1, -0.05) is 0 Å². The molecule has 1 aromatic rings. The van der Waals surface area contributed by atoms with Gasteiger partial charge in [0.2, 0.25) is 0 Å². The molecule has 0 saturated heterocycles. The number of rotatable bonds is 3. The number of nitro groups is 1. The third-order valence-electron chi connectivity index (χ3n) is 1.30. The van der Waals surface area contributed by atoms with E-state index < -0.39 is 4.92 Å². The maximum Gasteiger partial charge on any atom is 0.269 e. The third kappa shape index (κ3) is 1.93. The predicted octanol–water partition coefficient (Wildman–Crippen LogP) is 1.57. The molecule has 1 N–H and O–H groups in total. The normalized spacial score (nSPS) is 9.42. The smallest absolute Gasteiger partial charge is 0.269 e. The Balaban J connectivity index is 2.78. The summed E-state index contributed by atoms with van der Waals surface area (Å²) in [6, 6.07) is 5.95. The Morgan fingerprint density at radius 2 is 2.00 bits per heavy atom. The second-order valence-electron chi connectivity index (χ2n) is 2.11. The first-order valence-electron chi connectivity index (χ1n) is 3.27. The number of nitrogens with zero attached hydrogens (tertiary/aromatic N) is 1. The van der Waals surface area contributed by atoms with E-state index >= 15 is 0 Å². The number of hydrogen-bond acceptors (Lipinski definition) is 4. The van der Waals surface area contributed by atoms with Crippen LogP contribution >= 0.6 is 0 Å². The van der Waals surface area contributed by atoms with Crippen LogP contribution < -0.4 is 5.48 Å². The molecule has 0 aliphatic carbocycles. The van der Waals surface area contributed by atoms with Crippen molar-refractivity contribution in [2.24, 2.45) is 0 Å². The molecule has 0 heterocycles. The molecule has 12 heavy (non-hydrogen) atoms. The average Bonchev–Trinajstić information content (AvgIpc) is 2.06. The van der Waals surface area contributed by atoms with Crippen molar-refractivity contribution < 1.29 is 9.76 Å². The fraction of sp³-hybridized carbons (Fsp3) is 0.143. The third-order valence-corrected chi connectivity index (χ3v) is 1.30. The highest BCUT2D eigenvalue weighted by Gasteiger charge is 2.02. The largest absolute Gasteiger partial charge is 0.279 e. The molecule has 0 spiro atoms. The maximum absolute atomic E-state index is 10.2. The molecule has 5 nitrogen and oxygen atoms in total. The first-order chi connectivity index (χ1) is 5.74. The van der Waals surface area contributed by atoms with Gasteiger partial charge in [0.1, 0.15) is 0 Å². The Morgan fingerprint density at radius 1 is 1.42 bits per heavy atom. The van der Waals surface area contributed by atoms with Crippen LogP contribution in [-0.4, -0.2) is 12.0 Å². The Morgan fingerprint density at radius 3 is 2.42 bits per heavy atom. The van der Waals surface area contributed by atoms with Crippen LogP contribution in [0.15, 0.2) is 24.3 Å². The summed E-state index contributed by atoms with van der Waals surface area (Å²) < 4.78 is 0. The Labute approximate surface area is 69.1 Å². The van der Waals surface area contributed by atoms with E-state index in [1.165, 1.54) is 19.2 Å². The van der Waals surface area contributed by atoms with Gasteiger partial charge in [0, 0.05) is 12.1 Å². The summed E-state index contributed by atoms with van der Waals surface area (Å²) in [6.07, 6.45) is 0. The quantitative estimate of drug-likeness (QED) is 0.549. The van der Waals surface area contributed by atoms with Crippen molar-refractivity contribution in [3.63, 3.8) is 0 Å². The minimum atomic E-state index is -0.448. The van der Waals surface area contributed by atoms with Crippen LogP contribution in [0.3, 0.4) is 0 Å². The van der Waals surface area contributed by atoms with Gasteiger partial charge in [-0.25, -0.2) is 0 Å². The van der Waals surface area contributed by atoms with Crippen LogP contribution in [0.2, 0.25) is 0 Å². The van der Waals surface area contributed by atoms with Crippen LogP contribution in [0.1, 0.15) is 0 Å². The molecule has 0 bridgehead atoms. The van der Waals surface area contributed by atoms with E-state index in [1.807, 2.05) is 0 Å². The van der Waals surface area contributed by atoms with Gasteiger partial charge in [-0.2, -0.15) is 0 Å². The number of non-ortho nitro benzene ring substituents is 1. The molecule has 1 aromatic carbocycles. The summed E-state index contributed by atoms with van der Waals surface area (Å²) in [6.45, 7) is 0. The van der Waals surface area contributed by atoms with Crippen molar-refractivity contribution in [1.29, 1.82) is 0 Å². The first kappa shape index (κ1) is 8.48. The molecule has 0 aromatic heterocycles. The van der Waals surface area contributed by atoms with E-state index in [0.717, 1.165) is 0 Å². The zero-order valence-electron chi connectivity index (χ0n) is 6.48. The first-order valence-corrected chi connectivity index (χ1v) is 3.27. The summed E-state index contributed by atoms with van der Waals surface area (Å²) >= 11 is 0. The van der Waals surface area contributed by atoms with E-state index in [2.05, 4.69) is 10.3 Å². The second kappa shape index (κ2) is 3.68.